The summed E-state index contributed by atoms with van der Waals surface area (Å²) in [6.45, 7) is 0.571. The van der Waals surface area contributed by atoms with Crippen LogP contribution in [0.3, 0.4) is 0 Å². The van der Waals surface area contributed by atoms with Crippen LogP contribution in [-0.4, -0.2) is 29.1 Å². The number of rotatable bonds is 6. The first-order valence-corrected chi connectivity index (χ1v) is 10.8. The summed E-state index contributed by atoms with van der Waals surface area (Å²) in [5.41, 5.74) is 2.96. The SMILES string of the molecule is COc1ccc(N2C(=O)C(Cc3ccccc3)N(Cc3ccc(Br)cc3)C2=S)cc1. The Kier molecular flexibility index (Phi) is 6.16. The average Bonchev–Trinajstić information content (AvgIpc) is 3.00. The van der Waals surface area contributed by atoms with Crippen molar-refractivity contribution in [2.45, 2.75) is 19.0 Å². The zero-order valence-corrected chi connectivity index (χ0v) is 18.9. The molecular weight excluding hydrogens is 460 g/mol. The van der Waals surface area contributed by atoms with Gasteiger partial charge in [0.2, 0.25) is 0 Å². The summed E-state index contributed by atoms with van der Waals surface area (Å²) >= 11 is 9.27. The van der Waals surface area contributed by atoms with Crippen molar-refractivity contribution in [2.75, 3.05) is 12.0 Å². The molecule has 0 spiro atoms. The third kappa shape index (κ3) is 4.25. The largest absolute Gasteiger partial charge is 0.497 e. The second-order valence-electron chi connectivity index (χ2n) is 7.11. The van der Waals surface area contributed by atoms with Crippen molar-refractivity contribution in [3.63, 3.8) is 0 Å². The van der Waals surface area contributed by atoms with E-state index in [0.717, 1.165) is 27.0 Å². The van der Waals surface area contributed by atoms with Gasteiger partial charge in [-0.05, 0) is 59.7 Å². The number of hydrogen-bond donors (Lipinski definition) is 0. The number of carbonyl (C=O) groups excluding carboxylic acids is 1. The summed E-state index contributed by atoms with van der Waals surface area (Å²) in [5.74, 6) is 0.731. The summed E-state index contributed by atoms with van der Waals surface area (Å²) < 4.78 is 6.27. The molecule has 0 saturated carbocycles. The molecule has 0 bridgehead atoms. The van der Waals surface area contributed by atoms with E-state index in [-0.39, 0.29) is 11.9 Å². The summed E-state index contributed by atoms with van der Waals surface area (Å²) in [7, 11) is 1.62. The fraction of sp³-hybridized carbons (Fsp3) is 0.167. The molecule has 1 unspecified atom stereocenters. The summed E-state index contributed by atoms with van der Waals surface area (Å²) in [4.78, 5) is 17.2. The van der Waals surface area contributed by atoms with Gasteiger partial charge in [-0.15, -0.1) is 0 Å². The van der Waals surface area contributed by atoms with E-state index < -0.39 is 0 Å². The summed E-state index contributed by atoms with van der Waals surface area (Å²) in [6, 6.07) is 25.2. The van der Waals surface area contributed by atoms with Crippen molar-refractivity contribution in [3.8, 4) is 5.75 Å². The molecule has 1 atom stereocenters. The number of nitrogens with zero attached hydrogens (tertiary/aromatic N) is 2. The van der Waals surface area contributed by atoms with Crippen LogP contribution < -0.4 is 9.64 Å². The number of hydrogen-bond acceptors (Lipinski definition) is 3. The Balaban J connectivity index is 1.67. The normalized spacial score (nSPS) is 16.3. The standard InChI is InChI=1S/C24H21BrN2O2S/c1-29-21-13-11-20(12-14-21)27-23(28)22(15-17-5-3-2-4-6-17)26(24(27)30)16-18-7-9-19(25)10-8-18/h2-14,22H,15-16H2,1H3. The van der Waals surface area contributed by atoms with Gasteiger partial charge < -0.3 is 9.64 Å². The fourth-order valence-electron chi connectivity index (χ4n) is 3.61. The maximum absolute atomic E-state index is 13.5. The predicted molar refractivity (Wildman–Crippen MR) is 127 cm³/mol. The molecule has 6 heteroatoms. The predicted octanol–water partition coefficient (Wildman–Crippen LogP) is 5.20. The Morgan fingerprint density at radius 2 is 1.60 bits per heavy atom. The molecule has 152 valence electrons. The van der Waals surface area contributed by atoms with E-state index in [9.17, 15) is 4.79 Å². The van der Waals surface area contributed by atoms with Crippen molar-refractivity contribution < 1.29 is 9.53 Å². The van der Waals surface area contributed by atoms with Crippen LogP contribution in [-0.2, 0) is 17.8 Å². The molecule has 30 heavy (non-hydrogen) atoms. The van der Waals surface area contributed by atoms with E-state index in [0.29, 0.717) is 18.1 Å². The van der Waals surface area contributed by atoms with Gasteiger partial charge in [0.1, 0.15) is 11.8 Å². The second kappa shape index (κ2) is 8.98. The molecule has 0 aromatic heterocycles. The molecular formula is C24H21BrN2O2S. The Bertz CT molecular complexity index is 1040. The highest BCUT2D eigenvalue weighted by atomic mass is 79.9. The number of amides is 1. The molecule has 0 N–H and O–H groups in total. The van der Waals surface area contributed by atoms with E-state index in [2.05, 4.69) is 15.9 Å². The first kappa shape index (κ1) is 20.6. The number of ether oxygens (including phenoxy) is 1. The van der Waals surface area contributed by atoms with Crippen LogP contribution in [0.4, 0.5) is 5.69 Å². The van der Waals surface area contributed by atoms with Gasteiger partial charge in [0.25, 0.3) is 5.91 Å². The Morgan fingerprint density at radius 3 is 2.23 bits per heavy atom. The van der Waals surface area contributed by atoms with Gasteiger partial charge in [-0.2, -0.15) is 0 Å². The van der Waals surface area contributed by atoms with Crippen molar-refractivity contribution in [1.29, 1.82) is 0 Å². The average molecular weight is 481 g/mol. The first-order valence-electron chi connectivity index (χ1n) is 9.64. The molecule has 1 amide bonds. The minimum absolute atomic E-state index is 0.00821. The third-order valence-electron chi connectivity index (χ3n) is 5.19. The van der Waals surface area contributed by atoms with Crippen molar-refractivity contribution in [3.05, 3.63) is 94.5 Å². The molecule has 0 aliphatic carbocycles. The van der Waals surface area contributed by atoms with Crippen LogP contribution in [0.15, 0.2) is 83.3 Å². The van der Waals surface area contributed by atoms with Crippen LogP contribution in [0.2, 0.25) is 0 Å². The molecule has 0 radical (unpaired) electrons. The molecule has 1 heterocycles. The number of carbonyl (C=O) groups is 1. The van der Waals surface area contributed by atoms with Crippen molar-refractivity contribution in [1.82, 2.24) is 4.90 Å². The Hall–Kier alpha value is -2.70. The van der Waals surface area contributed by atoms with E-state index in [4.69, 9.17) is 17.0 Å². The summed E-state index contributed by atoms with van der Waals surface area (Å²) in [6.07, 6.45) is 0.600. The van der Waals surface area contributed by atoms with Gasteiger partial charge in [-0.1, -0.05) is 58.4 Å². The van der Waals surface area contributed by atoms with Crippen molar-refractivity contribution >= 4 is 44.9 Å². The maximum Gasteiger partial charge on any atom is 0.256 e. The molecule has 4 rings (SSSR count). The minimum atomic E-state index is -0.356. The van der Waals surface area contributed by atoms with Gasteiger partial charge in [0.05, 0.1) is 12.8 Å². The highest BCUT2D eigenvalue weighted by molar-refractivity contribution is 9.10. The first-order chi connectivity index (χ1) is 14.6. The highest BCUT2D eigenvalue weighted by Gasteiger charge is 2.43. The zero-order chi connectivity index (χ0) is 21.1. The molecule has 4 nitrogen and oxygen atoms in total. The zero-order valence-electron chi connectivity index (χ0n) is 16.5. The minimum Gasteiger partial charge on any atom is -0.497 e. The lowest BCUT2D eigenvalue weighted by molar-refractivity contribution is -0.119. The van der Waals surface area contributed by atoms with Gasteiger partial charge >= 0.3 is 0 Å². The smallest absolute Gasteiger partial charge is 0.256 e. The third-order valence-corrected chi connectivity index (χ3v) is 6.13. The number of thiocarbonyl (C=S) groups is 1. The van der Waals surface area contributed by atoms with E-state index in [1.807, 2.05) is 83.8 Å². The molecule has 1 fully saturated rings. The molecule has 1 aliphatic heterocycles. The lowest BCUT2D eigenvalue weighted by Gasteiger charge is -2.24. The molecule has 3 aromatic rings. The topological polar surface area (TPSA) is 32.8 Å². The molecule has 1 saturated heterocycles. The quantitative estimate of drug-likeness (QED) is 0.453. The van der Waals surface area contributed by atoms with Crippen LogP contribution in [0, 0.1) is 0 Å². The maximum atomic E-state index is 13.5. The number of halogens is 1. The van der Waals surface area contributed by atoms with E-state index in [1.165, 1.54) is 0 Å². The van der Waals surface area contributed by atoms with E-state index >= 15 is 0 Å². The lowest BCUT2D eigenvalue weighted by atomic mass is 10.0. The van der Waals surface area contributed by atoms with E-state index in [1.54, 1.807) is 12.0 Å². The van der Waals surface area contributed by atoms with Gasteiger partial charge in [0, 0.05) is 17.4 Å². The monoisotopic (exact) mass is 480 g/mol. The van der Waals surface area contributed by atoms with Crippen LogP contribution in [0.1, 0.15) is 11.1 Å². The summed E-state index contributed by atoms with van der Waals surface area (Å²) in [5, 5.41) is 0.522. The second-order valence-corrected chi connectivity index (χ2v) is 8.39. The lowest BCUT2D eigenvalue weighted by Crippen LogP contribution is -2.36. The van der Waals surface area contributed by atoms with Gasteiger partial charge in [-0.3, -0.25) is 9.69 Å². The van der Waals surface area contributed by atoms with Crippen molar-refractivity contribution in [2.24, 2.45) is 0 Å². The highest BCUT2D eigenvalue weighted by Crippen LogP contribution is 2.30. The number of benzene rings is 3. The van der Waals surface area contributed by atoms with Gasteiger partial charge in [0.15, 0.2) is 5.11 Å². The Morgan fingerprint density at radius 1 is 0.933 bits per heavy atom. The molecule has 1 aliphatic rings. The van der Waals surface area contributed by atoms with Gasteiger partial charge in [-0.25, -0.2) is 0 Å². The van der Waals surface area contributed by atoms with Crippen LogP contribution in [0.25, 0.3) is 0 Å². The number of anilines is 1. The van der Waals surface area contributed by atoms with Crippen LogP contribution >= 0.6 is 28.1 Å². The number of methoxy groups -OCH3 is 1. The molecule has 3 aromatic carbocycles. The van der Waals surface area contributed by atoms with Crippen LogP contribution in [0.5, 0.6) is 5.75 Å². The Labute approximate surface area is 190 Å². The fourth-order valence-corrected chi connectivity index (χ4v) is 4.26.